The standard InChI is InChI=1S/C12H12F3N/c1-2-3-9(16)6-4-8-5-7-10(13)12(15)11(8)14/h5,7,9H,2-3,16H2,1H3. The van der Waals surface area contributed by atoms with Crippen LogP contribution < -0.4 is 5.73 Å². The number of benzene rings is 1. The van der Waals surface area contributed by atoms with Crippen molar-refractivity contribution in [2.45, 2.75) is 25.8 Å². The van der Waals surface area contributed by atoms with Gasteiger partial charge in [-0.3, -0.25) is 0 Å². The molecule has 16 heavy (non-hydrogen) atoms. The van der Waals surface area contributed by atoms with Crippen LogP contribution in [-0.4, -0.2) is 6.04 Å². The van der Waals surface area contributed by atoms with Crippen LogP contribution in [0, 0.1) is 29.3 Å². The molecule has 0 spiro atoms. The van der Waals surface area contributed by atoms with E-state index in [1.807, 2.05) is 6.92 Å². The van der Waals surface area contributed by atoms with E-state index in [1.54, 1.807) is 0 Å². The molecule has 1 unspecified atom stereocenters. The Morgan fingerprint density at radius 2 is 1.94 bits per heavy atom. The van der Waals surface area contributed by atoms with Crippen LogP contribution in [0.1, 0.15) is 25.3 Å². The molecule has 0 saturated heterocycles. The van der Waals surface area contributed by atoms with E-state index in [0.29, 0.717) is 6.42 Å². The summed E-state index contributed by atoms with van der Waals surface area (Å²) in [5.41, 5.74) is 5.41. The Morgan fingerprint density at radius 3 is 2.56 bits per heavy atom. The Balaban J connectivity index is 2.94. The summed E-state index contributed by atoms with van der Waals surface area (Å²) in [7, 11) is 0. The van der Waals surface area contributed by atoms with Crippen molar-refractivity contribution >= 4 is 0 Å². The van der Waals surface area contributed by atoms with E-state index in [-0.39, 0.29) is 11.6 Å². The summed E-state index contributed by atoms with van der Waals surface area (Å²) >= 11 is 0. The van der Waals surface area contributed by atoms with Crippen LogP contribution in [0.4, 0.5) is 13.2 Å². The van der Waals surface area contributed by atoms with Gasteiger partial charge in [-0.15, -0.1) is 0 Å². The summed E-state index contributed by atoms with van der Waals surface area (Å²) in [6.45, 7) is 1.94. The molecule has 4 heteroatoms. The second-order valence-corrected chi connectivity index (χ2v) is 3.39. The first kappa shape index (κ1) is 12.6. The third kappa shape index (κ3) is 3.01. The zero-order chi connectivity index (χ0) is 12.1. The number of rotatable bonds is 2. The average Bonchev–Trinajstić information content (AvgIpc) is 2.25. The smallest absolute Gasteiger partial charge is 0.195 e. The number of hydrogen-bond donors (Lipinski definition) is 1. The van der Waals surface area contributed by atoms with Crippen molar-refractivity contribution in [3.05, 3.63) is 35.1 Å². The average molecular weight is 227 g/mol. The molecule has 0 amide bonds. The Bertz CT molecular complexity index is 432. The molecular weight excluding hydrogens is 215 g/mol. The minimum Gasteiger partial charge on any atom is -0.318 e. The van der Waals surface area contributed by atoms with Crippen molar-refractivity contribution in [2.24, 2.45) is 5.73 Å². The van der Waals surface area contributed by atoms with Crippen LogP contribution in [0.5, 0.6) is 0 Å². The fourth-order valence-electron chi connectivity index (χ4n) is 1.18. The van der Waals surface area contributed by atoms with Crippen LogP contribution in [0.3, 0.4) is 0 Å². The van der Waals surface area contributed by atoms with Crippen LogP contribution in [-0.2, 0) is 0 Å². The molecule has 1 nitrogen and oxygen atoms in total. The van der Waals surface area contributed by atoms with E-state index in [9.17, 15) is 13.2 Å². The fraction of sp³-hybridized carbons (Fsp3) is 0.333. The Morgan fingerprint density at radius 1 is 1.25 bits per heavy atom. The predicted molar refractivity (Wildman–Crippen MR) is 56.1 cm³/mol. The predicted octanol–water partition coefficient (Wildman–Crippen LogP) is 2.58. The van der Waals surface area contributed by atoms with Crippen molar-refractivity contribution in [3.63, 3.8) is 0 Å². The molecule has 2 N–H and O–H groups in total. The van der Waals surface area contributed by atoms with Crippen molar-refractivity contribution in [1.29, 1.82) is 0 Å². The van der Waals surface area contributed by atoms with Gasteiger partial charge in [0.1, 0.15) is 0 Å². The van der Waals surface area contributed by atoms with Gasteiger partial charge in [0.25, 0.3) is 0 Å². The van der Waals surface area contributed by atoms with Gasteiger partial charge in [-0.1, -0.05) is 25.2 Å². The van der Waals surface area contributed by atoms with Crippen molar-refractivity contribution < 1.29 is 13.2 Å². The van der Waals surface area contributed by atoms with Gasteiger partial charge < -0.3 is 5.73 Å². The van der Waals surface area contributed by atoms with Crippen LogP contribution in [0.15, 0.2) is 12.1 Å². The Labute approximate surface area is 92.5 Å². The maximum absolute atomic E-state index is 13.1. The lowest BCUT2D eigenvalue weighted by Crippen LogP contribution is -2.16. The maximum atomic E-state index is 13.1. The molecule has 1 aromatic carbocycles. The first-order chi connectivity index (χ1) is 7.56. The summed E-state index contributed by atoms with van der Waals surface area (Å²) < 4.78 is 38.5. The zero-order valence-corrected chi connectivity index (χ0v) is 8.86. The van der Waals surface area contributed by atoms with Gasteiger partial charge >= 0.3 is 0 Å². The van der Waals surface area contributed by atoms with Crippen molar-refractivity contribution in [3.8, 4) is 11.8 Å². The molecular formula is C12H12F3N. The van der Waals surface area contributed by atoms with E-state index < -0.39 is 17.5 Å². The maximum Gasteiger partial charge on any atom is 0.195 e. The molecule has 0 heterocycles. The van der Waals surface area contributed by atoms with Gasteiger partial charge in [0, 0.05) is 0 Å². The van der Waals surface area contributed by atoms with Gasteiger partial charge in [-0.05, 0) is 18.6 Å². The van der Waals surface area contributed by atoms with E-state index in [1.165, 1.54) is 0 Å². The molecule has 0 bridgehead atoms. The summed E-state index contributed by atoms with van der Waals surface area (Å²) in [5, 5.41) is 0. The highest BCUT2D eigenvalue weighted by molar-refractivity contribution is 5.37. The van der Waals surface area contributed by atoms with Crippen molar-refractivity contribution in [1.82, 2.24) is 0 Å². The van der Waals surface area contributed by atoms with E-state index in [2.05, 4.69) is 11.8 Å². The second-order valence-electron chi connectivity index (χ2n) is 3.39. The number of nitrogens with two attached hydrogens (primary N) is 1. The lowest BCUT2D eigenvalue weighted by Gasteiger charge is -2.00. The molecule has 0 aliphatic heterocycles. The molecule has 1 atom stereocenters. The SMILES string of the molecule is CCCC(N)C#Cc1ccc(F)c(F)c1F. The highest BCUT2D eigenvalue weighted by atomic mass is 19.2. The number of hydrogen-bond acceptors (Lipinski definition) is 1. The lowest BCUT2D eigenvalue weighted by atomic mass is 10.1. The second kappa shape index (κ2) is 5.57. The van der Waals surface area contributed by atoms with Gasteiger partial charge in [0.2, 0.25) is 0 Å². The summed E-state index contributed by atoms with van der Waals surface area (Å²) in [6.07, 6.45) is 1.54. The summed E-state index contributed by atoms with van der Waals surface area (Å²) in [5.74, 6) is 1.00. The molecule has 0 radical (unpaired) electrons. The highest BCUT2D eigenvalue weighted by Crippen LogP contribution is 2.14. The summed E-state index contributed by atoms with van der Waals surface area (Å²) in [4.78, 5) is 0. The van der Waals surface area contributed by atoms with Crippen LogP contribution >= 0.6 is 0 Å². The van der Waals surface area contributed by atoms with Crippen molar-refractivity contribution in [2.75, 3.05) is 0 Å². The third-order valence-corrected chi connectivity index (χ3v) is 2.03. The molecule has 0 aliphatic rings. The van der Waals surface area contributed by atoms with Crippen LogP contribution in [0.25, 0.3) is 0 Å². The first-order valence-corrected chi connectivity index (χ1v) is 4.96. The van der Waals surface area contributed by atoms with E-state index in [0.717, 1.165) is 18.6 Å². The topological polar surface area (TPSA) is 26.0 Å². The molecule has 1 rings (SSSR count). The Hall–Kier alpha value is -1.47. The molecule has 0 fully saturated rings. The van der Waals surface area contributed by atoms with E-state index in [4.69, 9.17) is 5.73 Å². The molecule has 0 aromatic heterocycles. The Kier molecular flexibility index (Phi) is 4.39. The third-order valence-electron chi connectivity index (χ3n) is 2.03. The molecule has 1 aromatic rings. The molecule has 86 valence electrons. The zero-order valence-electron chi connectivity index (χ0n) is 8.86. The number of halogens is 3. The normalized spacial score (nSPS) is 11.8. The quantitative estimate of drug-likeness (QED) is 0.610. The molecule has 0 saturated carbocycles. The van der Waals surface area contributed by atoms with Gasteiger partial charge in [-0.25, -0.2) is 13.2 Å². The first-order valence-electron chi connectivity index (χ1n) is 4.96. The molecule has 0 aliphatic carbocycles. The summed E-state index contributed by atoms with van der Waals surface area (Å²) in [6, 6.07) is 1.56. The van der Waals surface area contributed by atoms with E-state index >= 15 is 0 Å². The fourth-order valence-corrected chi connectivity index (χ4v) is 1.18. The minimum atomic E-state index is -1.50. The van der Waals surface area contributed by atoms with Crippen LogP contribution in [0.2, 0.25) is 0 Å². The van der Waals surface area contributed by atoms with Gasteiger partial charge in [-0.2, -0.15) is 0 Å². The lowest BCUT2D eigenvalue weighted by molar-refractivity contribution is 0.446. The van der Waals surface area contributed by atoms with Gasteiger partial charge in [0.15, 0.2) is 17.5 Å². The largest absolute Gasteiger partial charge is 0.318 e. The van der Waals surface area contributed by atoms with Gasteiger partial charge in [0.05, 0.1) is 11.6 Å². The minimum absolute atomic E-state index is 0.176. The highest BCUT2D eigenvalue weighted by Gasteiger charge is 2.11. The monoisotopic (exact) mass is 227 g/mol.